The van der Waals surface area contributed by atoms with Crippen LogP contribution in [0.25, 0.3) is 0 Å². The van der Waals surface area contributed by atoms with Crippen molar-refractivity contribution >= 4 is 17.5 Å². The Bertz CT molecular complexity index is 473. The Labute approximate surface area is 117 Å². The zero-order valence-electron chi connectivity index (χ0n) is 10.9. The molecule has 1 aliphatic rings. The smallest absolute Gasteiger partial charge is 0.253 e. The lowest BCUT2D eigenvalue weighted by Gasteiger charge is -2.33. The number of carbonyl (C=O) groups is 1. The van der Waals surface area contributed by atoms with Gasteiger partial charge >= 0.3 is 0 Å². The highest BCUT2D eigenvalue weighted by molar-refractivity contribution is 6.31. The summed E-state index contributed by atoms with van der Waals surface area (Å²) in [5.74, 6) is -0.633. The van der Waals surface area contributed by atoms with Gasteiger partial charge in [0.15, 0.2) is 0 Å². The summed E-state index contributed by atoms with van der Waals surface area (Å²) < 4.78 is 13.1. The molecular weight excluding hydrogens is 267 g/mol. The fourth-order valence-corrected chi connectivity index (χ4v) is 2.67. The van der Waals surface area contributed by atoms with E-state index in [9.17, 15) is 9.18 Å². The first-order valence-corrected chi connectivity index (χ1v) is 6.84. The number of nitrogens with two attached hydrogens (primary N) is 1. The quantitative estimate of drug-likeness (QED) is 0.908. The minimum absolute atomic E-state index is 0.0232. The number of hydrogen-bond donors (Lipinski definition) is 1. The average molecular weight is 285 g/mol. The Morgan fingerprint density at radius 1 is 1.37 bits per heavy atom. The molecule has 2 rings (SSSR count). The minimum atomic E-state index is -0.510. The topological polar surface area (TPSA) is 46.3 Å². The van der Waals surface area contributed by atoms with Crippen molar-refractivity contribution in [3.05, 3.63) is 34.6 Å². The summed E-state index contributed by atoms with van der Waals surface area (Å²) in [6, 6.07) is 4.52. The molecule has 1 amide bonds. The molecule has 0 spiro atoms. The molecule has 0 heterocycles. The van der Waals surface area contributed by atoms with Crippen LogP contribution in [0.15, 0.2) is 18.2 Å². The summed E-state index contributed by atoms with van der Waals surface area (Å²) >= 11 is 5.71. The second kappa shape index (κ2) is 5.88. The Balaban J connectivity index is 2.08. The van der Waals surface area contributed by atoms with Crippen LogP contribution < -0.4 is 5.73 Å². The van der Waals surface area contributed by atoms with Crippen LogP contribution in [0.2, 0.25) is 5.02 Å². The molecule has 0 radical (unpaired) electrons. The third-order valence-electron chi connectivity index (χ3n) is 3.78. The van der Waals surface area contributed by atoms with Crippen molar-refractivity contribution in [1.29, 1.82) is 0 Å². The number of hydrogen-bond acceptors (Lipinski definition) is 2. The van der Waals surface area contributed by atoms with E-state index in [0.717, 1.165) is 25.7 Å². The van der Waals surface area contributed by atoms with E-state index in [2.05, 4.69) is 0 Å². The van der Waals surface area contributed by atoms with Crippen molar-refractivity contribution in [3.8, 4) is 0 Å². The van der Waals surface area contributed by atoms with Crippen LogP contribution in [0.4, 0.5) is 4.39 Å². The maximum Gasteiger partial charge on any atom is 0.253 e. The molecule has 19 heavy (non-hydrogen) atoms. The number of amides is 1. The van der Waals surface area contributed by atoms with Gasteiger partial charge in [0, 0.05) is 24.7 Å². The second-order valence-electron chi connectivity index (χ2n) is 5.11. The fraction of sp³-hybridized carbons (Fsp3) is 0.500. The van der Waals surface area contributed by atoms with Crippen LogP contribution in [0.5, 0.6) is 0 Å². The van der Waals surface area contributed by atoms with E-state index in [0.29, 0.717) is 5.56 Å². The zero-order valence-corrected chi connectivity index (χ0v) is 11.7. The van der Waals surface area contributed by atoms with Crippen molar-refractivity contribution in [2.24, 2.45) is 5.73 Å². The zero-order chi connectivity index (χ0) is 14.0. The first-order chi connectivity index (χ1) is 8.99. The molecule has 0 aliphatic heterocycles. The van der Waals surface area contributed by atoms with E-state index in [4.69, 9.17) is 17.3 Å². The molecule has 1 saturated carbocycles. The monoisotopic (exact) mass is 284 g/mol. The van der Waals surface area contributed by atoms with Crippen LogP contribution in [-0.4, -0.2) is 29.9 Å². The van der Waals surface area contributed by atoms with Crippen LogP contribution in [0.3, 0.4) is 0 Å². The largest absolute Gasteiger partial charge is 0.339 e. The maximum absolute atomic E-state index is 13.1. The first-order valence-electron chi connectivity index (χ1n) is 6.47. The van der Waals surface area contributed by atoms with E-state index < -0.39 is 5.82 Å². The van der Waals surface area contributed by atoms with E-state index in [-0.39, 0.29) is 23.0 Å². The fourth-order valence-electron chi connectivity index (χ4n) is 2.49. The summed E-state index contributed by atoms with van der Waals surface area (Å²) in [6.45, 7) is 0. The molecule has 0 saturated heterocycles. The van der Waals surface area contributed by atoms with Crippen LogP contribution in [-0.2, 0) is 0 Å². The molecule has 1 aromatic carbocycles. The van der Waals surface area contributed by atoms with Gasteiger partial charge in [-0.05, 0) is 43.9 Å². The Kier molecular flexibility index (Phi) is 4.42. The molecular formula is C14H18ClFN2O. The standard InChI is InChI=1S/C14H18ClFN2O/c1-18(11-5-3-10(17)4-6-11)14(19)9-2-7-13(16)12(15)8-9/h2,7-8,10-11H,3-6,17H2,1H3. The number of nitrogens with zero attached hydrogens (tertiary/aromatic N) is 1. The predicted molar refractivity (Wildman–Crippen MR) is 73.7 cm³/mol. The molecule has 1 fully saturated rings. The third-order valence-corrected chi connectivity index (χ3v) is 4.07. The van der Waals surface area contributed by atoms with Crippen LogP contribution in [0.1, 0.15) is 36.0 Å². The van der Waals surface area contributed by atoms with E-state index in [1.165, 1.54) is 18.2 Å². The number of rotatable bonds is 2. The molecule has 2 N–H and O–H groups in total. The molecule has 5 heteroatoms. The average Bonchev–Trinajstić information content (AvgIpc) is 2.41. The van der Waals surface area contributed by atoms with Crippen LogP contribution >= 0.6 is 11.6 Å². The molecule has 0 atom stereocenters. The van der Waals surface area contributed by atoms with Gasteiger partial charge in [-0.3, -0.25) is 4.79 Å². The third kappa shape index (κ3) is 3.25. The minimum Gasteiger partial charge on any atom is -0.339 e. The van der Waals surface area contributed by atoms with Crippen molar-refractivity contribution in [3.63, 3.8) is 0 Å². The summed E-state index contributed by atoms with van der Waals surface area (Å²) in [5, 5.41) is -0.0232. The Morgan fingerprint density at radius 3 is 2.58 bits per heavy atom. The molecule has 0 bridgehead atoms. The Morgan fingerprint density at radius 2 is 2.00 bits per heavy atom. The highest BCUT2D eigenvalue weighted by Gasteiger charge is 2.25. The van der Waals surface area contributed by atoms with Gasteiger partial charge < -0.3 is 10.6 Å². The highest BCUT2D eigenvalue weighted by Crippen LogP contribution is 2.23. The van der Waals surface area contributed by atoms with Gasteiger partial charge in [-0.2, -0.15) is 0 Å². The Hall–Kier alpha value is -1.13. The second-order valence-corrected chi connectivity index (χ2v) is 5.52. The lowest BCUT2D eigenvalue weighted by molar-refractivity contribution is 0.0690. The van der Waals surface area contributed by atoms with Crippen molar-refractivity contribution in [2.45, 2.75) is 37.8 Å². The molecule has 1 aliphatic carbocycles. The summed E-state index contributed by atoms with van der Waals surface area (Å²) in [6.07, 6.45) is 3.70. The molecule has 0 aromatic heterocycles. The van der Waals surface area contributed by atoms with Crippen molar-refractivity contribution in [1.82, 2.24) is 4.90 Å². The predicted octanol–water partition coefficient (Wildman–Crippen LogP) is 2.82. The maximum atomic E-state index is 13.1. The number of carbonyl (C=O) groups excluding carboxylic acids is 1. The van der Waals surface area contributed by atoms with Gasteiger partial charge in [0.05, 0.1) is 5.02 Å². The lowest BCUT2D eigenvalue weighted by atomic mass is 9.90. The van der Waals surface area contributed by atoms with E-state index in [1.54, 1.807) is 11.9 Å². The number of halogens is 2. The van der Waals surface area contributed by atoms with Crippen molar-refractivity contribution < 1.29 is 9.18 Å². The molecule has 0 unspecified atom stereocenters. The number of benzene rings is 1. The van der Waals surface area contributed by atoms with Gasteiger partial charge in [0.2, 0.25) is 0 Å². The highest BCUT2D eigenvalue weighted by atomic mass is 35.5. The lowest BCUT2D eigenvalue weighted by Crippen LogP contribution is -2.41. The van der Waals surface area contributed by atoms with Gasteiger partial charge in [0.1, 0.15) is 5.82 Å². The van der Waals surface area contributed by atoms with Gasteiger partial charge in [-0.25, -0.2) is 4.39 Å². The van der Waals surface area contributed by atoms with Crippen molar-refractivity contribution in [2.75, 3.05) is 7.05 Å². The SMILES string of the molecule is CN(C(=O)c1ccc(F)c(Cl)c1)C1CCC(N)CC1. The first kappa shape index (κ1) is 14.3. The van der Waals surface area contributed by atoms with Gasteiger partial charge in [-0.1, -0.05) is 11.6 Å². The van der Waals surface area contributed by atoms with E-state index >= 15 is 0 Å². The normalized spacial score (nSPS) is 23.2. The summed E-state index contributed by atoms with van der Waals surface area (Å²) in [7, 11) is 1.78. The van der Waals surface area contributed by atoms with Crippen LogP contribution in [0, 0.1) is 5.82 Å². The summed E-state index contributed by atoms with van der Waals surface area (Å²) in [5.41, 5.74) is 6.28. The van der Waals surface area contributed by atoms with E-state index in [1.807, 2.05) is 0 Å². The summed E-state index contributed by atoms with van der Waals surface area (Å²) in [4.78, 5) is 14.0. The molecule has 1 aromatic rings. The van der Waals surface area contributed by atoms with Gasteiger partial charge in [-0.15, -0.1) is 0 Å². The molecule has 3 nitrogen and oxygen atoms in total. The van der Waals surface area contributed by atoms with Gasteiger partial charge in [0.25, 0.3) is 5.91 Å². The molecule has 104 valence electrons.